The molecule has 150 valence electrons. The van der Waals surface area contributed by atoms with E-state index in [1.807, 2.05) is 6.92 Å². The summed E-state index contributed by atoms with van der Waals surface area (Å²) >= 11 is 11.5. The molecule has 0 bridgehead atoms. The maximum atomic E-state index is 12.3. The number of carbonyl (C=O) groups excluding carboxylic acids is 1. The predicted octanol–water partition coefficient (Wildman–Crippen LogP) is 4.62. The van der Waals surface area contributed by atoms with E-state index in [1.165, 1.54) is 0 Å². The molecular formula is C21H19ClN2O4S. The van der Waals surface area contributed by atoms with Crippen molar-refractivity contribution in [2.75, 3.05) is 11.9 Å². The minimum atomic E-state index is -0.333. The van der Waals surface area contributed by atoms with Crippen LogP contribution in [-0.4, -0.2) is 22.7 Å². The lowest BCUT2D eigenvalue weighted by Crippen LogP contribution is -2.34. The minimum Gasteiger partial charge on any atom is -0.494 e. The topological polar surface area (TPSA) is 83.7 Å². The van der Waals surface area contributed by atoms with Crippen molar-refractivity contribution in [3.8, 4) is 17.1 Å². The van der Waals surface area contributed by atoms with Crippen LogP contribution in [-0.2, 0) is 6.61 Å². The van der Waals surface area contributed by atoms with Gasteiger partial charge in [0.05, 0.1) is 11.6 Å². The standard InChI is InChI=1S/C21H19ClN2O4S/c1-2-27-15-6-3-13(4-7-15)20(26)24-21(29)23-14-5-9-17(18(22)11-14)19-10-8-16(12-25)28-19/h3-11,25H,2,12H2,1H3,(H2,23,24,26,29). The Labute approximate surface area is 178 Å². The lowest BCUT2D eigenvalue weighted by atomic mass is 10.1. The van der Waals surface area contributed by atoms with E-state index in [9.17, 15) is 4.79 Å². The summed E-state index contributed by atoms with van der Waals surface area (Å²) < 4.78 is 10.9. The van der Waals surface area contributed by atoms with Crippen molar-refractivity contribution in [2.24, 2.45) is 0 Å². The van der Waals surface area contributed by atoms with Crippen molar-refractivity contribution in [1.29, 1.82) is 0 Å². The van der Waals surface area contributed by atoms with Crippen LogP contribution in [0.3, 0.4) is 0 Å². The number of thiocarbonyl (C=S) groups is 1. The van der Waals surface area contributed by atoms with Crippen LogP contribution < -0.4 is 15.4 Å². The van der Waals surface area contributed by atoms with Crippen LogP contribution in [0.15, 0.2) is 59.0 Å². The number of aliphatic hydroxyl groups is 1. The van der Waals surface area contributed by atoms with Crippen molar-refractivity contribution in [2.45, 2.75) is 13.5 Å². The smallest absolute Gasteiger partial charge is 0.257 e. The van der Waals surface area contributed by atoms with E-state index in [0.717, 1.165) is 0 Å². The Morgan fingerprint density at radius 3 is 2.55 bits per heavy atom. The fourth-order valence-corrected chi connectivity index (χ4v) is 3.09. The molecule has 1 amide bonds. The second-order valence-electron chi connectivity index (χ2n) is 5.98. The highest BCUT2D eigenvalue weighted by atomic mass is 35.5. The third-order valence-corrected chi connectivity index (χ3v) is 4.48. The number of rotatable bonds is 6. The van der Waals surface area contributed by atoms with Crippen molar-refractivity contribution < 1.29 is 19.1 Å². The molecule has 0 unspecified atom stereocenters. The lowest BCUT2D eigenvalue weighted by Gasteiger charge is -2.11. The van der Waals surface area contributed by atoms with Gasteiger partial charge in [0.25, 0.3) is 5.91 Å². The van der Waals surface area contributed by atoms with Gasteiger partial charge < -0.3 is 19.6 Å². The van der Waals surface area contributed by atoms with Gasteiger partial charge in [-0.3, -0.25) is 10.1 Å². The molecule has 8 heteroatoms. The Kier molecular flexibility index (Phi) is 6.87. The van der Waals surface area contributed by atoms with Crippen molar-refractivity contribution in [1.82, 2.24) is 5.32 Å². The zero-order valence-electron chi connectivity index (χ0n) is 15.6. The van der Waals surface area contributed by atoms with Crippen LogP contribution in [0.25, 0.3) is 11.3 Å². The summed E-state index contributed by atoms with van der Waals surface area (Å²) in [6, 6.07) is 15.4. The highest BCUT2D eigenvalue weighted by molar-refractivity contribution is 7.80. The number of amides is 1. The normalized spacial score (nSPS) is 10.4. The first-order chi connectivity index (χ1) is 14.0. The largest absolute Gasteiger partial charge is 0.494 e. The van der Waals surface area contributed by atoms with Gasteiger partial charge in [0.15, 0.2) is 5.11 Å². The molecule has 0 aliphatic heterocycles. The van der Waals surface area contributed by atoms with Gasteiger partial charge in [-0.15, -0.1) is 0 Å². The molecule has 2 aromatic carbocycles. The third-order valence-electron chi connectivity index (χ3n) is 3.96. The number of halogens is 1. The monoisotopic (exact) mass is 430 g/mol. The summed E-state index contributed by atoms with van der Waals surface area (Å²) in [6.07, 6.45) is 0. The first-order valence-electron chi connectivity index (χ1n) is 8.85. The molecule has 0 spiro atoms. The van der Waals surface area contributed by atoms with E-state index in [-0.39, 0.29) is 17.6 Å². The van der Waals surface area contributed by atoms with E-state index in [0.29, 0.717) is 45.7 Å². The number of nitrogens with one attached hydrogen (secondary N) is 2. The van der Waals surface area contributed by atoms with Crippen LogP contribution in [0.4, 0.5) is 5.69 Å². The summed E-state index contributed by atoms with van der Waals surface area (Å²) in [7, 11) is 0. The molecule has 3 N–H and O–H groups in total. The zero-order valence-corrected chi connectivity index (χ0v) is 17.1. The highest BCUT2D eigenvalue weighted by Gasteiger charge is 2.11. The Morgan fingerprint density at radius 2 is 1.93 bits per heavy atom. The second-order valence-corrected chi connectivity index (χ2v) is 6.80. The van der Waals surface area contributed by atoms with E-state index in [2.05, 4.69) is 10.6 Å². The van der Waals surface area contributed by atoms with Gasteiger partial charge in [-0.05, 0) is 73.7 Å². The summed E-state index contributed by atoms with van der Waals surface area (Å²) in [6.45, 7) is 2.27. The molecule has 6 nitrogen and oxygen atoms in total. The average molecular weight is 431 g/mol. The third kappa shape index (κ3) is 5.35. The Hall–Kier alpha value is -2.87. The fourth-order valence-electron chi connectivity index (χ4n) is 2.61. The number of anilines is 1. The number of hydrogen-bond donors (Lipinski definition) is 3. The Bertz CT molecular complexity index is 1020. The van der Waals surface area contributed by atoms with Gasteiger partial charge in [-0.2, -0.15) is 0 Å². The van der Waals surface area contributed by atoms with Crippen molar-refractivity contribution in [3.63, 3.8) is 0 Å². The zero-order chi connectivity index (χ0) is 20.8. The van der Waals surface area contributed by atoms with E-state index in [4.69, 9.17) is 38.1 Å². The van der Waals surface area contributed by atoms with Crippen molar-refractivity contribution >= 4 is 40.5 Å². The molecule has 0 aliphatic carbocycles. The molecule has 3 rings (SSSR count). The van der Waals surface area contributed by atoms with E-state index < -0.39 is 0 Å². The minimum absolute atomic E-state index is 0.147. The second kappa shape index (κ2) is 9.56. The number of hydrogen-bond acceptors (Lipinski definition) is 5. The fraction of sp³-hybridized carbons (Fsp3) is 0.143. The molecule has 1 aromatic heterocycles. The number of ether oxygens (including phenoxy) is 1. The number of aliphatic hydroxyl groups excluding tert-OH is 1. The van der Waals surface area contributed by atoms with Gasteiger partial charge >= 0.3 is 0 Å². The summed E-state index contributed by atoms with van der Waals surface area (Å²) in [5.74, 6) is 1.37. The molecule has 0 radical (unpaired) electrons. The molecular weight excluding hydrogens is 412 g/mol. The van der Waals surface area contributed by atoms with E-state index >= 15 is 0 Å². The van der Waals surface area contributed by atoms with Crippen LogP contribution >= 0.6 is 23.8 Å². The van der Waals surface area contributed by atoms with Crippen LogP contribution in [0.5, 0.6) is 5.75 Å². The molecule has 0 fully saturated rings. The van der Waals surface area contributed by atoms with Crippen LogP contribution in [0.2, 0.25) is 5.02 Å². The van der Waals surface area contributed by atoms with Crippen LogP contribution in [0.1, 0.15) is 23.0 Å². The Balaban J connectivity index is 1.62. The summed E-state index contributed by atoms with van der Waals surface area (Å²) in [5, 5.41) is 15.3. The maximum absolute atomic E-state index is 12.3. The first kappa shape index (κ1) is 20.9. The number of benzene rings is 2. The number of carbonyl (C=O) groups is 1. The molecule has 29 heavy (non-hydrogen) atoms. The Morgan fingerprint density at radius 1 is 1.17 bits per heavy atom. The van der Waals surface area contributed by atoms with Gasteiger partial charge in [0.1, 0.15) is 23.9 Å². The van der Waals surface area contributed by atoms with E-state index in [1.54, 1.807) is 54.6 Å². The lowest BCUT2D eigenvalue weighted by molar-refractivity contribution is 0.0977. The first-order valence-corrected chi connectivity index (χ1v) is 9.63. The molecule has 1 heterocycles. The predicted molar refractivity (Wildman–Crippen MR) is 116 cm³/mol. The van der Waals surface area contributed by atoms with Gasteiger partial charge in [-0.25, -0.2) is 0 Å². The van der Waals surface area contributed by atoms with Gasteiger partial charge in [-0.1, -0.05) is 11.6 Å². The summed E-state index contributed by atoms with van der Waals surface area (Å²) in [4.78, 5) is 12.3. The maximum Gasteiger partial charge on any atom is 0.257 e. The molecule has 3 aromatic rings. The SMILES string of the molecule is CCOc1ccc(C(=O)NC(=S)Nc2ccc(-c3ccc(CO)o3)c(Cl)c2)cc1. The molecule has 0 aliphatic rings. The van der Waals surface area contributed by atoms with Crippen LogP contribution in [0, 0.1) is 0 Å². The summed E-state index contributed by atoms with van der Waals surface area (Å²) in [5.41, 5.74) is 1.76. The molecule has 0 saturated carbocycles. The number of furan rings is 1. The van der Waals surface area contributed by atoms with Gasteiger partial charge in [0, 0.05) is 16.8 Å². The quantitative estimate of drug-likeness (QED) is 0.495. The molecule has 0 atom stereocenters. The van der Waals surface area contributed by atoms with Gasteiger partial charge in [0.2, 0.25) is 0 Å². The molecule has 0 saturated heterocycles. The van der Waals surface area contributed by atoms with Crippen molar-refractivity contribution in [3.05, 3.63) is 70.9 Å². The highest BCUT2D eigenvalue weighted by Crippen LogP contribution is 2.31. The average Bonchev–Trinajstić information content (AvgIpc) is 3.17.